The van der Waals surface area contributed by atoms with Crippen LogP contribution in [-0.4, -0.2) is 33.5 Å². The first-order valence-corrected chi connectivity index (χ1v) is 3.80. The molecule has 0 saturated heterocycles. The van der Waals surface area contributed by atoms with Gasteiger partial charge in [0, 0.05) is 6.20 Å². The van der Waals surface area contributed by atoms with Gasteiger partial charge in [0.05, 0.1) is 0 Å². The van der Waals surface area contributed by atoms with Gasteiger partial charge >= 0.3 is 5.97 Å². The molecule has 0 unspecified atom stereocenters. The van der Waals surface area contributed by atoms with Crippen LogP contribution in [0.3, 0.4) is 0 Å². The van der Waals surface area contributed by atoms with Gasteiger partial charge in [0.1, 0.15) is 12.2 Å². The molecule has 82 valence electrons. The molecule has 0 aliphatic heterocycles. The molecular formula is C8H10ClN3O3. The first-order chi connectivity index (χ1) is 6.61. The summed E-state index contributed by atoms with van der Waals surface area (Å²) >= 11 is 0. The Hall–Kier alpha value is -1.66. The highest BCUT2D eigenvalue weighted by Gasteiger charge is 2.15. The minimum atomic E-state index is -1.17. The number of carboxylic acid groups (broad SMARTS) is 1. The maximum Gasteiger partial charge on any atom is 0.324 e. The van der Waals surface area contributed by atoms with Crippen molar-refractivity contribution in [3.05, 3.63) is 30.1 Å². The average Bonchev–Trinajstić information content (AvgIpc) is 2.17. The molecule has 1 heterocycles. The number of halogens is 1. The third-order valence-electron chi connectivity index (χ3n) is 1.45. The van der Waals surface area contributed by atoms with Gasteiger partial charge in [0.25, 0.3) is 5.91 Å². The molecule has 0 aliphatic rings. The summed E-state index contributed by atoms with van der Waals surface area (Å²) < 4.78 is 0. The summed E-state index contributed by atoms with van der Waals surface area (Å²) in [6.07, 6.45) is 1.43. The quantitative estimate of drug-likeness (QED) is 0.430. The molecular weight excluding hydrogens is 222 g/mol. The highest BCUT2D eigenvalue weighted by atomic mass is 35.5. The molecule has 0 radical (unpaired) electrons. The Labute approximate surface area is 92.1 Å². The Morgan fingerprint density at radius 1 is 1.47 bits per heavy atom. The molecule has 0 bridgehead atoms. The minimum absolute atomic E-state index is 0. The Balaban J connectivity index is 0.00000196. The lowest BCUT2D eigenvalue weighted by Gasteiger charge is -2.12. The summed E-state index contributed by atoms with van der Waals surface area (Å²) in [4.78, 5) is 25.3. The van der Waals surface area contributed by atoms with Crippen LogP contribution in [0.4, 0.5) is 0 Å². The van der Waals surface area contributed by atoms with Crippen LogP contribution < -0.4 is 5.84 Å². The van der Waals surface area contributed by atoms with E-state index in [0.29, 0.717) is 5.01 Å². The fourth-order valence-electron chi connectivity index (χ4n) is 0.854. The lowest BCUT2D eigenvalue weighted by atomic mass is 10.3. The zero-order valence-corrected chi connectivity index (χ0v) is 8.48. The molecule has 7 heteroatoms. The van der Waals surface area contributed by atoms with Crippen molar-refractivity contribution < 1.29 is 14.7 Å². The molecule has 0 aliphatic carbocycles. The second kappa shape index (κ2) is 5.94. The molecule has 1 rings (SSSR count). The molecule has 0 aromatic carbocycles. The van der Waals surface area contributed by atoms with Crippen molar-refractivity contribution >= 4 is 24.3 Å². The van der Waals surface area contributed by atoms with Crippen LogP contribution in [0.5, 0.6) is 0 Å². The van der Waals surface area contributed by atoms with Crippen LogP contribution in [0.1, 0.15) is 10.5 Å². The number of amides is 1. The number of aliphatic carboxylic acids is 1. The Bertz CT molecular complexity index is 344. The smallest absolute Gasteiger partial charge is 0.324 e. The molecule has 3 N–H and O–H groups in total. The van der Waals surface area contributed by atoms with Crippen LogP contribution in [0, 0.1) is 0 Å². The number of carbonyl (C=O) groups is 2. The second-order valence-corrected chi connectivity index (χ2v) is 2.54. The topological polar surface area (TPSA) is 96.5 Å². The van der Waals surface area contributed by atoms with E-state index >= 15 is 0 Å². The number of hydrogen-bond acceptors (Lipinski definition) is 4. The third kappa shape index (κ3) is 3.92. The van der Waals surface area contributed by atoms with E-state index in [9.17, 15) is 9.59 Å². The van der Waals surface area contributed by atoms with E-state index in [1.165, 1.54) is 12.3 Å². The Kier molecular flexibility index (Phi) is 5.29. The second-order valence-electron chi connectivity index (χ2n) is 2.54. The molecule has 0 atom stereocenters. The van der Waals surface area contributed by atoms with Gasteiger partial charge in [-0.2, -0.15) is 0 Å². The van der Waals surface area contributed by atoms with Gasteiger partial charge in [-0.1, -0.05) is 6.07 Å². The SMILES string of the molecule is Cl.NN(CC(=O)O)C(=O)c1ccccn1. The highest BCUT2D eigenvalue weighted by Crippen LogP contribution is 1.96. The van der Waals surface area contributed by atoms with Gasteiger partial charge < -0.3 is 5.11 Å². The standard InChI is InChI=1S/C8H9N3O3.ClH/c9-11(5-7(12)13)8(14)6-3-1-2-4-10-6;/h1-4H,5,9H2,(H,12,13);1H. The van der Waals surface area contributed by atoms with E-state index in [-0.39, 0.29) is 18.1 Å². The van der Waals surface area contributed by atoms with Crippen LogP contribution in [0.15, 0.2) is 24.4 Å². The normalized spacial score (nSPS) is 8.87. The molecule has 15 heavy (non-hydrogen) atoms. The number of hydrogen-bond donors (Lipinski definition) is 2. The summed E-state index contributed by atoms with van der Waals surface area (Å²) in [5.74, 6) is 3.43. The maximum atomic E-state index is 11.4. The van der Waals surface area contributed by atoms with Crippen molar-refractivity contribution in [3.63, 3.8) is 0 Å². The highest BCUT2D eigenvalue weighted by molar-refractivity contribution is 5.93. The van der Waals surface area contributed by atoms with Crippen LogP contribution >= 0.6 is 12.4 Å². The number of nitrogens with zero attached hydrogens (tertiary/aromatic N) is 2. The fourth-order valence-corrected chi connectivity index (χ4v) is 0.854. The molecule has 1 amide bonds. The minimum Gasteiger partial charge on any atom is -0.480 e. The maximum absolute atomic E-state index is 11.4. The largest absolute Gasteiger partial charge is 0.480 e. The van der Waals surface area contributed by atoms with Crippen LogP contribution in [-0.2, 0) is 4.79 Å². The molecule has 0 saturated carbocycles. The van der Waals surface area contributed by atoms with Gasteiger partial charge in [0.2, 0.25) is 0 Å². The Morgan fingerprint density at radius 2 is 2.13 bits per heavy atom. The summed E-state index contributed by atoms with van der Waals surface area (Å²) in [5, 5.41) is 8.99. The molecule has 1 aromatic heterocycles. The molecule has 6 nitrogen and oxygen atoms in total. The monoisotopic (exact) mass is 231 g/mol. The van der Waals surface area contributed by atoms with Gasteiger partial charge in [-0.05, 0) is 12.1 Å². The number of nitrogens with two attached hydrogens (primary N) is 1. The van der Waals surface area contributed by atoms with Crippen molar-refractivity contribution in [1.29, 1.82) is 0 Å². The first kappa shape index (κ1) is 13.3. The number of carboxylic acids is 1. The van der Waals surface area contributed by atoms with E-state index in [1.807, 2.05) is 0 Å². The predicted octanol–water partition coefficient (Wildman–Crippen LogP) is -0.0961. The molecule has 0 spiro atoms. The van der Waals surface area contributed by atoms with Gasteiger partial charge in [-0.25, -0.2) is 5.84 Å². The van der Waals surface area contributed by atoms with Crippen molar-refractivity contribution in [1.82, 2.24) is 9.99 Å². The van der Waals surface area contributed by atoms with E-state index in [4.69, 9.17) is 10.9 Å². The van der Waals surface area contributed by atoms with Crippen molar-refractivity contribution in [3.8, 4) is 0 Å². The third-order valence-corrected chi connectivity index (χ3v) is 1.45. The number of pyridine rings is 1. The van der Waals surface area contributed by atoms with Crippen LogP contribution in [0.25, 0.3) is 0 Å². The fraction of sp³-hybridized carbons (Fsp3) is 0.125. The van der Waals surface area contributed by atoms with E-state index in [2.05, 4.69) is 4.98 Å². The predicted molar refractivity (Wildman–Crippen MR) is 54.3 cm³/mol. The molecule has 1 aromatic rings. The summed E-state index contributed by atoms with van der Waals surface area (Å²) in [6.45, 7) is -0.546. The molecule has 0 fully saturated rings. The van der Waals surface area contributed by atoms with Gasteiger partial charge in [-0.15, -0.1) is 12.4 Å². The van der Waals surface area contributed by atoms with E-state index in [0.717, 1.165) is 0 Å². The van der Waals surface area contributed by atoms with Crippen molar-refractivity contribution in [2.75, 3.05) is 6.54 Å². The summed E-state index contributed by atoms with van der Waals surface area (Å²) in [6, 6.07) is 4.73. The van der Waals surface area contributed by atoms with Crippen molar-refractivity contribution in [2.45, 2.75) is 0 Å². The average molecular weight is 232 g/mol. The Morgan fingerprint density at radius 3 is 2.60 bits per heavy atom. The van der Waals surface area contributed by atoms with E-state index < -0.39 is 18.4 Å². The summed E-state index contributed by atoms with van der Waals surface area (Å²) in [5.41, 5.74) is 0.122. The van der Waals surface area contributed by atoms with Crippen LogP contribution in [0.2, 0.25) is 0 Å². The first-order valence-electron chi connectivity index (χ1n) is 3.80. The van der Waals surface area contributed by atoms with Gasteiger partial charge in [-0.3, -0.25) is 19.6 Å². The van der Waals surface area contributed by atoms with Crippen molar-refractivity contribution in [2.24, 2.45) is 5.84 Å². The lowest BCUT2D eigenvalue weighted by Crippen LogP contribution is -2.41. The van der Waals surface area contributed by atoms with E-state index in [1.54, 1.807) is 12.1 Å². The zero-order chi connectivity index (χ0) is 10.6. The zero-order valence-electron chi connectivity index (χ0n) is 7.66. The number of carbonyl (C=O) groups excluding carboxylic acids is 1. The number of aromatic nitrogens is 1. The number of hydrazine groups is 1. The van der Waals surface area contributed by atoms with Gasteiger partial charge in [0.15, 0.2) is 0 Å². The lowest BCUT2D eigenvalue weighted by molar-refractivity contribution is -0.137. The number of rotatable bonds is 3. The summed E-state index contributed by atoms with van der Waals surface area (Å²) in [7, 11) is 0.